The van der Waals surface area contributed by atoms with Crippen molar-refractivity contribution in [1.82, 2.24) is 4.90 Å². The zero-order valence-corrected chi connectivity index (χ0v) is 9.83. The summed E-state index contributed by atoms with van der Waals surface area (Å²) in [6, 6.07) is 0. The van der Waals surface area contributed by atoms with E-state index in [2.05, 4.69) is 24.8 Å². The first-order chi connectivity index (χ1) is 7.19. The van der Waals surface area contributed by atoms with Crippen LogP contribution < -0.4 is 0 Å². The molecule has 0 aromatic carbocycles. The van der Waals surface area contributed by atoms with Gasteiger partial charge in [-0.15, -0.1) is 0 Å². The number of ether oxygens (including phenoxy) is 1. The molecule has 0 spiro atoms. The molecule has 3 aliphatic carbocycles. The van der Waals surface area contributed by atoms with Crippen molar-refractivity contribution in [3.05, 3.63) is 11.8 Å². The topological polar surface area (TPSA) is 12.5 Å². The molecule has 2 fully saturated rings. The van der Waals surface area contributed by atoms with Crippen molar-refractivity contribution >= 4 is 0 Å². The molecule has 1 saturated heterocycles. The van der Waals surface area contributed by atoms with Crippen LogP contribution in [-0.2, 0) is 4.74 Å². The maximum absolute atomic E-state index is 5.42. The predicted octanol–water partition coefficient (Wildman–Crippen LogP) is 2.27. The van der Waals surface area contributed by atoms with Crippen LogP contribution in [0.5, 0.6) is 0 Å². The predicted molar refractivity (Wildman–Crippen MR) is 60.5 cm³/mol. The molecule has 1 heterocycles. The van der Waals surface area contributed by atoms with Gasteiger partial charge in [0.15, 0.2) is 0 Å². The molecule has 84 valence electrons. The van der Waals surface area contributed by atoms with E-state index in [1.54, 1.807) is 5.70 Å². The quantitative estimate of drug-likeness (QED) is 0.654. The highest BCUT2D eigenvalue weighted by Gasteiger charge is 2.52. The molecule has 4 rings (SSSR count). The van der Waals surface area contributed by atoms with Crippen molar-refractivity contribution in [2.45, 2.75) is 26.7 Å². The zero-order chi connectivity index (χ0) is 10.5. The summed E-state index contributed by atoms with van der Waals surface area (Å²) in [4.78, 5) is 2.56. The fourth-order valence-electron chi connectivity index (χ4n) is 3.49. The van der Waals surface area contributed by atoms with E-state index in [1.165, 1.54) is 12.8 Å². The number of fused-ring (bicyclic) bond motifs is 1. The summed E-state index contributed by atoms with van der Waals surface area (Å²) in [5.74, 6) is 1.78. The Labute approximate surface area is 92.3 Å². The van der Waals surface area contributed by atoms with Crippen LogP contribution >= 0.6 is 0 Å². The Morgan fingerprint density at radius 2 is 2.07 bits per heavy atom. The van der Waals surface area contributed by atoms with Crippen molar-refractivity contribution < 1.29 is 4.74 Å². The van der Waals surface area contributed by atoms with Crippen LogP contribution in [0.4, 0.5) is 0 Å². The average molecular weight is 207 g/mol. The van der Waals surface area contributed by atoms with Gasteiger partial charge in [-0.3, -0.25) is 0 Å². The Hall–Kier alpha value is -0.500. The summed E-state index contributed by atoms with van der Waals surface area (Å²) in [5, 5.41) is 0. The van der Waals surface area contributed by atoms with Crippen LogP contribution in [0.15, 0.2) is 11.8 Å². The minimum Gasteiger partial charge on any atom is -0.378 e. The van der Waals surface area contributed by atoms with E-state index < -0.39 is 0 Å². The fraction of sp³-hybridized carbons (Fsp3) is 0.846. The summed E-state index contributed by atoms with van der Waals surface area (Å²) in [6.07, 6.45) is 5.22. The van der Waals surface area contributed by atoms with Gasteiger partial charge in [0.1, 0.15) is 0 Å². The lowest BCUT2D eigenvalue weighted by Gasteiger charge is -2.58. The highest BCUT2D eigenvalue weighted by atomic mass is 16.5. The SMILES string of the molecule is CC1(C)[C@H]2CC=C(N3CCOCC3)[C@@H]1C2. The van der Waals surface area contributed by atoms with E-state index in [0.29, 0.717) is 5.41 Å². The molecule has 1 saturated carbocycles. The number of morpholine rings is 1. The molecular weight excluding hydrogens is 186 g/mol. The van der Waals surface area contributed by atoms with Crippen LogP contribution in [0, 0.1) is 17.3 Å². The van der Waals surface area contributed by atoms with Crippen molar-refractivity contribution in [3.8, 4) is 0 Å². The molecule has 4 aliphatic rings. The second-order valence-electron chi connectivity index (χ2n) is 5.77. The Bertz CT molecular complexity index is 289. The van der Waals surface area contributed by atoms with E-state index in [0.717, 1.165) is 38.1 Å². The van der Waals surface area contributed by atoms with Crippen molar-refractivity contribution in [2.75, 3.05) is 26.3 Å². The molecular formula is C13H21NO. The average Bonchev–Trinajstić information content (AvgIpc) is 2.30. The van der Waals surface area contributed by atoms with E-state index in [9.17, 15) is 0 Å². The molecule has 2 nitrogen and oxygen atoms in total. The fourth-order valence-corrected chi connectivity index (χ4v) is 3.49. The Morgan fingerprint density at radius 3 is 2.67 bits per heavy atom. The van der Waals surface area contributed by atoms with Gasteiger partial charge in [-0.2, -0.15) is 0 Å². The van der Waals surface area contributed by atoms with Gasteiger partial charge in [-0.05, 0) is 24.2 Å². The monoisotopic (exact) mass is 207 g/mol. The lowest BCUT2D eigenvalue weighted by Crippen LogP contribution is -2.52. The molecule has 1 aliphatic heterocycles. The Kier molecular flexibility index (Phi) is 2.10. The van der Waals surface area contributed by atoms with Gasteiger partial charge in [0, 0.05) is 24.7 Å². The molecule has 0 unspecified atom stereocenters. The van der Waals surface area contributed by atoms with Gasteiger partial charge in [0.25, 0.3) is 0 Å². The molecule has 0 N–H and O–H groups in total. The lowest BCUT2D eigenvalue weighted by atomic mass is 9.50. The second-order valence-corrected chi connectivity index (χ2v) is 5.77. The number of nitrogens with zero attached hydrogens (tertiary/aromatic N) is 1. The van der Waals surface area contributed by atoms with Crippen molar-refractivity contribution in [3.63, 3.8) is 0 Å². The standard InChI is InChI=1S/C13H21NO/c1-13(2)10-3-4-12(11(13)9-10)14-5-7-15-8-6-14/h4,10-11H,3,5-9H2,1-2H3/t10-,11-/m0/s1. The van der Waals surface area contributed by atoms with Crippen LogP contribution in [0.1, 0.15) is 26.7 Å². The first kappa shape index (κ1) is 9.71. The summed E-state index contributed by atoms with van der Waals surface area (Å²) >= 11 is 0. The van der Waals surface area contributed by atoms with E-state index >= 15 is 0 Å². The number of rotatable bonds is 1. The van der Waals surface area contributed by atoms with E-state index in [1.807, 2.05) is 0 Å². The minimum atomic E-state index is 0.558. The van der Waals surface area contributed by atoms with Crippen molar-refractivity contribution in [1.29, 1.82) is 0 Å². The van der Waals surface area contributed by atoms with Crippen LogP contribution in [0.3, 0.4) is 0 Å². The van der Waals surface area contributed by atoms with Gasteiger partial charge in [-0.25, -0.2) is 0 Å². The van der Waals surface area contributed by atoms with Crippen LogP contribution in [0.2, 0.25) is 0 Å². The second kappa shape index (κ2) is 3.24. The normalized spacial score (nSPS) is 38.3. The van der Waals surface area contributed by atoms with Crippen LogP contribution in [-0.4, -0.2) is 31.2 Å². The molecule has 2 bridgehead atoms. The molecule has 0 radical (unpaired) electrons. The van der Waals surface area contributed by atoms with E-state index in [4.69, 9.17) is 4.74 Å². The Morgan fingerprint density at radius 1 is 1.33 bits per heavy atom. The lowest BCUT2D eigenvalue weighted by molar-refractivity contribution is -0.0393. The molecule has 0 aromatic heterocycles. The molecule has 15 heavy (non-hydrogen) atoms. The number of allylic oxidation sites excluding steroid dienone is 2. The van der Waals surface area contributed by atoms with Crippen molar-refractivity contribution in [2.24, 2.45) is 17.3 Å². The van der Waals surface area contributed by atoms with Gasteiger partial charge in [-0.1, -0.05) is 19.9 Å². The van der Waals surface area contributed by atoms with Gasteiger partial charge in [0.2, 0.25) is 0 Å². The third kappa shape index (κ3) is 1.34. The van der Waals surface area contributed by atoms with Gasteiger partial charge in [0.05, 0.1) is 13.2 Å². The smallest absolute Gasteiger partial charge is 0.0642 e. The summed E-state index contributed by atoms with van der Waals surface area (Å²) in [7, 11) is 0. The summed E-state index contributed by atoms with van der Waals surface area (Å²) < 4.78 is 5.42. The first-order valence-electron chi connectivity index (χ1n) is 6.22. The maximum atomic E-state index is 5.42. The number of hydrogen-bond acceptors (Lipinski definition) is 2. The van der Waals surface area contributed by atoms with Crippen LogP contribution in [0.25, 0.3) is 0 Å². The number of hydrogen-bond donors (Lipinski definition) is 0. The van der Waals surface area contributed by atoms with Gasteiger partial charge >= 0.3 is 0 Å². The largest absolute Gasteiger partial charge is 0.378 e. The third-order valence-corrected chi connectivity index (χ3v) is 4.82. The first-order valence-corrected chi connectivity index (χ1v) is 6.22. The minimum absolute atomic E-state index is 0.558. The molecule has 2 atom stereocenters. The molecule has 0 amide bonds. The zero-order valence-electron chi connectivity index (χ0n) is 9.83. The Balaban J connectivity index is 1.78. The highest BCUT2D eigenvalue weighted by Crippen LogP contribution is 2.59. The summed E-state index contributed by atoms with van der Waals surface area (Å²) in [5.41, 5.74) is 2.19. The molecule has 2 heteroatoms. The maximum Gasteiger partial charge on any atom is 0.0642 e. The highest BCUT2D eigenvalue weighted by molar-refractivity contribution is 5.22. The third-order valence-electron chi connectivity index (χ3n) is 4.82. The molecule has 0 aromatic rings. The van der Waals surface area contributed by atoms with Gasteiger partial charge < -0.3 is 9.64 Å². The summed E-state index contributed by atoms with van der Waals surface area (Å²) in [6.45, 7) is 8.91. The van der Waals surface area contributed by atoms with E-state index in [-0.39, 0.29) is 0 Å².